The molecule has 1 aromatic rings. The zero-order valence-corrected chi connectivity index (χ0v) is 8.40. The molecule has 2 rings (SSSR count). The molecule has 1 aliphatic carbocycles. The summed E-state index contributed by atoms with van der Waals surface area (Å²) in [5.41, 5.74) is 2.63. The molecule has 0 fully saturated rings. The number of hydrogen-bond acceptors (Lipinski definition) is 1. The molecule has 1 heteroatoms. The lowest BCUT2D eigenvalue weighted by Crippen LogP contribution is -2.23. The van der Waals surface area contributed by atoms with E-state index >= 15 is 0 Å². The fourth-order valence-corrected chi connectivity index (χ4v) is 1.68. The fraction of sp³-hybridized carbons (Fsp3) is 0.231. The van der Waals surface area contributed by atoms with Crippen LogP contribution in [0.25, 0.3) is 5.57 Å². The number of likely N-dealkylation sites (N-methyl/N-ethyl adjacent to an activating group) is 1. The molecule has 1 atom stereocenters. The Balaban J connectivity index is 2.16. The first-order valence-electron chi connectivity index (χ1n) is 5.01. The lowest BCUT2D eigenvalue weighted by Gasteiger charge is -2.15. The van der Waals surface area contributed by atoms with Gasteiger partial charge in [0, 0.05) is 6.04 Å². The maximum atomic E-state index is 3.24. The normalized spacial score (nSPS) is 20.6. The van der Waals surface area contributed by atoms with E-state index in [1.807, 2.05) is 13.1 Å². The van der Waals surface area contributed by atoms with Gasteiger partial charge in [-0.3, -0.25) is 0 Å². The lowest BCUT2D eigenvalue weighted by molar-refractivity contribution is 0.673. The molecule has 14 heavy (non-hydrogen) atoms. The molecule has 0 spiro atoms. The van der Waals surface area contributed by atoms with Crippen molar-refractivity contribution in [2.24, 2.45) is 0 Å². The summed E-state index contributed by atoms with van der Waals surface area (Å²) in [5, 5.41) is 3.24. The van der Waals surface area contributed by atoms with Gasteiger partial charge in [-0.25, -0.2) is 0 Å². The summed E-state index contributed by atoms with van der Waals surface area (Å²) in [7, 11) is 2.00. The molecule has 0 heterocycles. The third-order valence-corrected chi connectivity index (χ3v) is 2.58. The summed E-state index contributed by atoms with van der Waals surface area (Å²) in [6.07, 6.45) is 7.79. The van der Waals surface area contributed by atoms with Crippen LogP contribution in [0.15, 0.2) is 48.6 Å². The minimum Gasteiger partial charge on any atom is -0.313 e. The highest BCUT2D eigenvalue weighted by Crippen LogP contribution is 2.20. The third kappa shape index (κ3) is 1.94. The molecular formula is C13H15N. The van der Waals surface area contributed by atoms with E-state index in [1.165, 1.54) is 11.1 Å². The van der Waals surface area contributed by atoms with Gasteiger partial charge in [0.05, 0.1) is 0 Å². The molecule has 0 saturated heterocycles. The average molecular weight is 185 g/mol. The van der Waals surface area contributed by atoms with E-state index < -0.39 is 0 Å². The second kappa shape index (κ2) is 4.25. The van der Waals surface area contributed by atoms with E-state index in [0.717, 1.165) is 6.42 Å². The first-order valence-corrected chi connectivity index (χ1v) is 5.01. The Bertz CT molecular complexity index is 349. The van der Waals surface area contributed by atoms with Crippen LogP contribution in [0, 0.1) is 0 Å². The highest BCUT2D eigenvalue weighted by Gasteiger charge is 2.06. The Hall–Kier alpha value is -1.34. The van der Waals surface area contributed by atoms with Gasteiger partial charge in [0.2, 0.25) is 0 Å². The Morgan fingerprint density at radius 1 is 1.21 bits per heavy atom. The molecule has 0 amide bonds. The second-order valence-corrected chi connectivity index (χ2v) is 3.52. The molecular weight excluding hydrogens is 170 g/mol. The molecule has 72 valence electrons. The van der Waals surface area contributed by atoms with Crippen molar-refractivity contribution in [3.8, 4) is 0 Å². The minimum atomic E-state index is 0.502. The maximum absolute atomic E-state index is 3.24. The standard InChI is InChI=1S/C13H15N/c1-14-13-9-7-12(8-10-13)11-5-3-2-4-6-11/h2-9,13-14H,10H2,1H3. The van der Waals surface area contributed by atoms with E-state index in [1.54, 1.807) is 0 Å². The van der Waals surface area contributed by atoms with Gasteiger partial charge in [-0.1, -0.05) is 48.6 Å². The maximum Gasteiger partial charge on any atom is 0.0285 e. The number of hydrogen-bond donors (Lipinski definition) is 1. The Labute approximate surface area is 85.2 Å². The molecule has 0 saturated carbocycles. The zero-order chi connectivity index (χ0) is 9.80. The van der Waals surface area contributed by atoms with Crippen LogP contribution in [-0.4, -0.2) is 13.1 Å². The molecule has 1 aliphatic rings. The van der Waals surface area contributed by atoms with Gasteiger partial charge in [0.15, 0.2) is 0 Å². The quantitative estimate of drug-likeness (QED) is 0.746. The van der Waals surface area contributed by atoms with Gasteiger partial charge in [-0.15, -0.1) is 0 Å². The summed E-state index contributed by atoms with van der Waals surface area (Å²) in [6, 6.07) is 11.0. The lowest BCUT2D eigenvalue weighted by atomic mass is 9.97. The second-order valence-electron chi connectivity index (χ2n) is 3.52. The number of benzene rings is 1. The van der Waals surface area contributed by atoms with E-state index in [0.29, 0.717) is 6.04 Å². The smallest absolute Gasteiger partial charge is 0.0285 e. The van der Waals surface area contributed by atoms with E-state index in [4.69, 9.17) is 0 Å². The Kier molecular flexibility index (Phi) is 2.80. The van der Waals surface area contributed by atoms with Crippen LogP contribution >= 0.6 is 0 Å². The fourth-order valence-electron chi connectivity index (χ4n) is 1.68. The number of rotatable bonds is 2. The van der Waals surface area contributed by atoms with E-state index in [9.17, 15) is 0 Å². The third-order valence-electron chi connectivity index (χ3n) is 2.58. The van der Waals surface area contributed by atoms with Gasteiger partial charge < -0.3 is 5.32 Å². The summed E-state index contributed by atoms with van der Waals surface area (Å²) < 4.78 is 0. The van der Waals surface area contributed by atoms with E-state index in [-0.39, 0.29) is 0 Å². The van der Waals surface area contributed by atoms with Crippen molar-refractivity contribution in [3.63, 3.8) is 0 Å². The molecule has 1 N–H and O–H groups in total. The van der Waals surface area contributed by atoms with Crippen LogP contribution in [0.3, 0.4) is 0 Å². The van der Waals surface area contributed by atoms with Crippen molar-refractivity contribution in [2.75, 3.05) is 7.05 Å². The average Bonchev–Trinajstić information content (AvgIpc) is 2.30. The topological polar surface area (TPSA) is 12.0 Å². The van der Waals surface area contributed by atoms with Crippen molar-refractivity contribution in [2.45, 2.75) is 12.5 Å². The first-order chi connectivity index (χ1) is 6.90. The van der Waals surface area contributed by atoms with Gasteiger partial charge in [-0.05, 0) is 24.6 Å². The zero-order valence-electron chi connectivity index (χ0n) is 8.40. The van der Waals surface area contributed by atoms with E-state index in [2.05, 4.69) is 47.8 Å². The van der Waals surface area contributed by atoms with Gasteiger partial charge in [0.1, 0.15) is 0 Å². The molecule has 1 aromatic carbocycles. The highest BCUT2D eigenvalue weighted by molar-refractivity contribution is 5.75. The van der Waals surface area contributed by atoms with Gasteiger partial charge >= 0.3 is 0 Å². The van der Waals surface area contributed by atoms with Gasteiger partial charge in [0.25, 0.3) is 0 Å². The van der Waals surface area contributed by atoms with Crippen molar-refractivity contribution < 1.29 is 0 Å². The minimum absolute atomic E-state index is 0.502. The SMILES string of the molecule is CNC1C=CC(c2ccccc2)=CC1. The summed E-state index contributed by atoms with van der Waals surface area (Å²) in [5.74, 6) is 0. The number of allylic oxidation sites excluding steroid dienone is 2. The summed E-state index contributed by atoms with van der Waals surface area (Å²) >= 11 is 0. The van der Waals surface area contributed by atoms with Gasteiger partial charge in [-0.2, -0.15) is 0 Å². The predicted octanol–water partition coefficient (Wildman–Crippen LogP) is 2.62. The van der Waals surface area contributed by atoms with Crippen LogP contribution in [0.1, 0.15) is 12.0 Å². The summed E-state index contributed by atoms with van der Waals surface area (Å²) in [6.45, 7) is 0. The monoisotopic (exact) mass is 185 g/mol. The highest BCUT2D eigenvalue weighted by atomic mass is 14.9. The molecule has 0 radical (unpaired) electrons. The van der Waals surface area contributed by atoms with Crippen LogP contribution < -0.4 is 5.32 Å². The van der Waals surface area contributed by atoms with Crippen LogP contribution in [0.5, 0.6) is 0 Å². The predicted molar refractivity (Wildman–Crippen MR) is 61.0 cm³/mol. The first kappa shape index (κ1) is 9.22. The van der Waals surface area contributed by atoms with Crippen molar-refractivity contribution in [1.82, 2.24) is 5.32 Å². The summed E-state index contributed by atoms with van der Waals surface area (Å²) in [4.78, 5) is 0. The van der Waals surface area contributed by atoms with Crippen molar-refractivity contribution in [3.05, 3.63) is 54.1 Å². The molecule has 1 unspecified atom stereocenters. The van der Waals surface area contributed by atoms with Crippen LogP contribution in [-0.2, 0) is 0 Å². The largest absolute Gasteiger partial charge is 0.313 e. The van der Waals surface area contributed by atoms with Crippen molar-refractivity contribution >= 4 is 5.57 Å². The van der Waals surface area contributed by atoms with Crippen molar-refractivity contribution in [1.29, 1.82) is 0 Å². The molecule has 0 bridgehead atoms. The number of nitrogens with one attached hydrogen (secondary N) is 1. The Morgan fingerprint density at radius 2 is 2.00 bits per heavy atom. The Morgan fingerprint density at radius 3 is 2.57 bits per heavy atom. The molecule has 0 aliphatic heterocycles. The van der Waals surface area contributed by atoms with Crippen LogP contribution in [0.2, 0.25) is 0 Å². The van der Waals surface area contributed by atoms with Crippen LogP contribution in [0.4, 0.5) is 0 Å². The molecule has 0 aromatic heterocycles. The molecule has 1 nitrogen and oxygen atoms in total.